The molecule has 3 heterocycles. The van der Waals surface area contributed by atoms with E-state index in [9.17, 15) is 4.79 Å². The lowest BCUT2D eigenvalue weighted by Crippen LogP contribution is -2.66. The predicted octanol–water partition coefficient (Wildman–Crippen LogP) is 1.09. The molecule has 0 bridgehead atoms. The van der Waals surface area contributed by atoms with Gasteiger partial charge in [0.15, 0.2) is 0 Å². The fourth-order valence-corrected chi connectivity index (χ4v) is 3.02. The Kier molecular flexibility index (Phi) is 3.33. The maximum atomic E-state index is 12.1. The van der Waals surface area contributed by atoms with Crippen molar-refractivity contribution in [2.45, 2.75) is 18.4 Å². The zero-order chi connectivity index (χ0) is 13.3. The van der Waals surface area contributed by atoms with Crippen LogP contribution in [0.25, 0.3) is 0 Å². The van der Waals surface area contributed by atoms with Crippen molar-refractivity contribution >= 4 is 5.91 Å². The van der Waals surface area contributed by atoms with Gasteiger partial charge in [0, 0.05) is 19.6 Å². The number of methoxy groups -OCH3 is 1. The van der Waals surface area contributed by atoms with Gasteiger partial charge in [-0.3, -0.25) is 4.79 Å². The van der Waals surface area contributed by atoms with Gasteiger partial charge in [0.05, 0.1) is 32.4 Å². The molecule has 104 valence electrons. The highest BCUT2D eigenvalue weighted by Gasteiger charge is 2.54. The number of nitrogens with zero attached hydrogens (tertiary/aromatic N) is 1. The number of amides is 1. The van der Waals surface area contributed by atoms with Crippen molar-refractivity contribution < 1.29 is 18.7 Å². The lowest BCUT2D eigenvalue weighted by atomic mass is 9.81. The maximum absolute atomic E-state index is 12.1. The van der Waals surface area contributed by atoms with Crippen LogP contribution in [0.5, 0.6) is 0 Å². The van der Waals surface area contributed by atoms with E-state index < -0.39 is 0 Å². The molecule has 0 aliphatic carbocycles. The number of furan rings is 1. The minimum Gasteiger partial charge on any atom is -0.469 e. The summed E-state index contributed by atoms with van der Waals surface area (Å²) in [5.41, 5.74) is -0.158. The Morgan fingerprint density at radius 3 is 3.11 bits per heavy atom. The molecule has 5 nitrogen and oxygen atoms in total. The van der Waals surface area contributed by atoms with Crippen molar-refractivity contribution in [1.82, 2.24) is 4.90 Å². The first-order chi connectivity index (χ1) is 9.23. The van der Waals surface area contributed by atoms with Crippen LogP contribution < -0.4 is 0 Å². The van der Waals surface area contributed by atoms with Crippen LogP contribution in [0.1, 0.15) is 12.2 Å². The van der Waals surface area contributed by atoms with Crippen molar-refractivity contribution in [3.05, 3.63) is 24.2 Å². The van der Waals surface area contributed by atoms with Gasteiger partial charge in [-0.1, -0.05) is 0 Å². The fraction of sp³-hybridized carbons (Fsp3) is 0.643. The lowest BCUT2D eigenvalue weighted by molar-refractivity contribution is -0.167. The molecule has 5 heteroatoms. The van der Waals surface area contributed by atoms with Crippen molar-refractivity contribution in [2.24, 2.45) is 5.92 Å². The summed E-state index contributed by atoms with van der Waals surface area (Å²) in [5, 5.41) is 0. The average molecular weight is 265 g/mol. The summed E-state index contributed by atoms with van der Waals surface area (Å²) in [5.74, 6) is 1.23. The molecule has 1 atom stereocenters. The van der Waals surface area contributed by atoms with Crippen LogP contribution >= 0.6 is 0 Å². The molecule has 0 saturated carbocycles. The Bertz CT molecular complexity index is 436. The van der Waals surface area contributed by atoms with Gasteiger partial charge in [0.1, 0.15) is 11.4 Å². The standard InChI is InChI=1S/C14H19NO4/c1-17-8-11-4-6-19-14(11)9-15(10-14)13(16)7-12-3-2-5-18-12/h2-3,5,11H,4,6-10H2,1H3/t11-/m1/s1. The van der Waals surface area contributed by atoms with Crippen molar-refractivity contribution in [3.8, 4) is 0 Å². The van der Waals surface area contributed by atoms with Gasteiger partial charge in [-0.05, 0) is 18.6 Å². The molecular weight excluding hydrogens is 246 g/mol. The second-order valence-electron chi connectivity index (χ2n) is 5.36. The zero-order valence-corrected chi connectivity index (χ0v) is 11.1. The van der Waals surface area contributed by atoms with Crippen molar-refractivity contribution in [2.75, 3.05) is 33.4 Å². The number of rotatable bonds is 4. The molecule has 0 N–H and O–H groups in total. The van der Waals surface area contributed by atoms with Crippen LogP contribution in [0.15, 0.2) is 22.8 Å². The van der Waals surface area contributed by atoms with Crippen LogP contribution in [-0.2, 0) is 20.7 Å². The SMILES string of the molecule is COC[C@H]1CCOC12CN(C(=O)Cc1ccco1)C2. The molecule has 0 aromatic carbocycles. The van der Waals surface area contributed by atoms with E-state index in [1.165, 1.54) is 0 Å². The molecule has 2 saturated heterocycles. The molecule has 2 fully saturated rings. The van der Waals surface area contributed by atoms with E-state index in [-0.39, 0.29) is 11.5 Å². The number of hydrogen-bond donors (Lipinski definition) is 0. The van der Waals surface area contributed by atoms with Crippen LogP contribution in [-0.4, -0.2) is 49.8 Å². The van der Waals surface area contributed by atoms with Crippen LogP contribution in [0.2, 0.25) is 0 Å². The van der Waals surface area contributed by atoms with Crippen molar-refractivity contribution in [1.29, 1.82) is 0 Å². The summed E-state index contributed by atoms with van der Waals surface area (Å²) in [4.78, 5) is 13.9. The summed E-state index contributed by atoms with van der Waals surface area (Å²) in [6.45, 7) is 2.84. The minimum absolute atomic E-state index is 0.104. The molecule has 1 aromatic heterocycles. The second-order valence-corrected chi connectivity index (χ2v) is 5.36. The van der Waals surface area contributed by atoms with E-state index in [0.29, 0.717) is 37.8 Å². The summed E-state index contributed by atoms with van der Waals surface area (Å²) in [7, 11) is 1.71. The van der Waals surface area contributed by atoms with Crippen LogP contribution in [0, 0.1) is 5.92 Å². The zero-order valence-electron chi connectivity index (χ0n) is 11.1. The molecular formula is C14H19NO4. The van der Waals surface area contributed by atoms with Gasteiger partial charge in [0.25, 0.3) is 0 Å². The largest absolute Gasteiger partial charge is 0.469 e. The Morgan fingerprint density at radius 1 is 1.58 bits per heavy atom. The van der Waals surface area contributed by atoms with E-state index in [1.807, 2.05) is 11.0 Å². The van der Waals surface area contributed by atoms with E-state index >= 15 is 0 Å². The third-order valence-electron chi connectivity index (χ3n) is 4.14. The topological polar surface area (TPSA) is 51.9 Å². The van der Waals surface area contributed by atoms with Crippen LogP contribution in [0.4, 0.5) is 0 Å². The predicted molar refractivity (Wildman–Crippen MR) is 67.7 cm³/mol. The van der Waals surface area contributed by atoms with Gasteiger partial charge in [-0.15, -0.1) is 0 Å². The Morgan fingerprint density at radius 2 is 2.42 bits per heavy atom. The summed E-state index contributed by atoms with van der Waals surface area (Å²) >= 11 is 0. The molecule has 2 aliphatic heterocycles. The Labute approximate surface area is 112 Å². The summed E-state index contributed by atoms with van der Waals surface area (Å²) < 4.78 is 16.3. The third kappa shape index (κ3) is 2.28. The van der Waals surface area contributed by atoms with E-state index in [1.54, 1.807) is 19.4 Å². The number of ether oxygens (including phenoxy) is 2. The van der Waals surface area contributed by atoms with Crippen molar-refractivity contribution in [3.63, 3.8) is 0 Å². The Balaban J connectivity index is 1.55. The molecule has 2 aliphatic rings. The van der Waals surface area contributed by atoms with Gasteiger partial charge < -0.3 is 18.8 Å². The second kappa shape index (κ2) is 4.98. The first-order valence-corrected chi connectivity index (χ1v) is 6.66. The molecule has 1 spiro atoms. The van der Waals surface area contributed by atoms with Gasteiger partial charge >= 0.3 is 0 Å². The smallest absolute Gasteiger partial charge is 0.230 e. The number of carbonyl (C=O) groups is 1. The van der Waals surface area contributed by atoms with E-state index in [0.717, 1.165) is 13.0 Å². The summed E-state index contributed by atoms with van der Waals surface area (Å²) in [6, 6.07) is 3.63. The quantitative estimate of drug-likeness (QED) is 0.817. The third-order valence-corrected chi connectivity index (χ3v) is 4.14. The van der Waals surface area contributed by atoms with Gasteiger partial charge in [-0.2, -0.15) is 0 Å². The highest BCUT2D eigenvalue weighted by atomic mass is 16.5. The lowest BCUT2D eigenvalue weighted by Gasteiger charge is -2.50. The molecule has 0 radical (unpaired) electrons. The van der Waals surface area contributed by atoms with Gasteiger partial charge in [0.2, 0.25) is 5.91 Å². The van der Waals surface area contributed by atoms with Gasteiger partial charge in [-0.25, -0.2) is 0 Å². The van der Waals surface area contributed by atoms with E-state index in [4.69, 9.17) is 13.9 Å². The van der Waals surface area contributed by atoms with E-state index in [2.05, 4.69) is 0 Å². The Hall–Kier alpha value is -1.33. The highest BCUT2D eigenvalue weighted by Crippen LogP contribution is 2.40. The number of carbonyl (C=O) groups excluding carboxylic acids is 1. The number of likely N-dealkylation sites (tertiary alicyclic amines) is 1. The highest BCUT2D eigenvalue weighted by molar-refractivity contribution is 5.79. The molecule has 1 aromatic rings. The maximum Gasteiger partial charge on any atom is 0.230 e. The molecule has 3 rings (SSSR count). The first-order valence-electron chi connectivity index (χ1n) is 6.66. The number of hydrogen-bond acceptors (Lipinski definition) is 4. The normalized spacial score (nSPS) is 24.7. The monoisotopic (exact) mass is 265 g/mol. The first kappa shape index (κ1) is 12.7. The van der Waals surface area contributed by atoms with Crippen LogP contribution in [0.3, 0.4) is 0 Å². The molecule has 19 heavy (non-hydrogen) atoms. The minimum atomic E-state index is -0.158. The molecule has 1 amide bonds. The molecule has 0 unspecified atom stereocenters. The average Bonchev–Trinajstić information content (AvgIpc) is 2.96. The summed E-state index contributed by atoms with van der Waals surface area (Å²) in [6.07, 6.45) is 2.95. The fourth-order valence-electron chi connectivity index (χ4n) is 3.02.